The lowest BCUT2D eigenvalue weighted by Crippen LogP contribution is -2.11. The Morgan fingerprint density at radius 2 is 1.97 bits per heavy atom. The Bertz CT molecular complexity index is 1320. The zero-order chi connectivity index (χ0) is 22.7. The van der Waals surface area contributed by atoms with Crippen LogP contribution in [0.1, 0.15) is 35.8 Å². The molecule has 4 aromatic rings. The average Bonchev–Trinajstić information content (AvgIpc) is 3.38. The van der Waals surface area contributed by atoms with E-state index in [0.29, 0.717) is 16.7 Å². The standard InChI is InChI=1S/C24H21N3O5/c1-14(2)30-12-17-15-7-3-6-10-21(15)32-22(17)24(29)31-13-20(28)16(11-25)23-26-18-8-4-5-9-19(18)27-23/h3-10,14,28H,12-13H2,1-2H3,(H,26,27). The van der Waals surface area contributed by atoms with Gasteiger partial charge in [0.25, 0.3) is 0 Å². The minimum absolute atomic E-state index is 0.00175. The summed E-state index contributed by atoms with van der Waals surface area (Å²) < 4.78 is 16.6. The van der Waals surface area contributed by atoms with Gasteiger partial charge in [0, 0.05) is 10.9 Å². The summed E-state index contributed by atoms with van der Waals surface area (Å²) in [5.74, 6) is -0.994. The molecule has 32 heavy (non-hydrogen) atoms. The number of nitrogens with one attached hydrogen (secondary N) is 1. The number of fused-ring (bicyclic) bond motifs is 2. The molecule has 2 heterocycles. The second-order valence-electron chi connectivity index (χ2n) is 7.38. The van der Waals surface area contributed by atoms with Crippen molar-refractivity contribution in [2.45, 2.75) is 26.6 Å². The van der Waals surface area contributed by atoms with E-state index in [1.807, 2.05) is 44.2 Å². The lowest BCUT2D eigenvalue weighted by molar-refractivity contribution is 0.0440. The SMILES string of the molecule is CC(C)OCc1c(C(=O)OCC(O)=C(C#N)c2nc3ccccc3[nH]2)oc2ccccc12. The number of carbonyl (C=O) groups excluding carboxylic acids is 1. The zero-order valence-electron chi connectivity index (χ0n) is 17.6. The molecule has 8 nitrogen and oxygen atoms in total. The van der Waals surface area contributed by atoms with Crippen molar-refractivity contribution < 1.29 is 23.8 Å². The average molecular weight is 431 g/mol. The maximum Gasteiger partial charge on any atom is 0.375 e. The van der Waals surface area contributed by atoms with Gasteiger partial charge in [0.1, 0.15) is 17.2 Å². The number of nitriles is 1. The summed E-state index contributed by atoms with van der Waals surface area (Å²) in [5, 5.41) is 20.7. The monoisotopic (exact) mass is 431 g/mol. The number of carbonyl (C=O) groups is 1. The van der Waals surface area contributed by atoms with Gasteiger partial charge in [-0.3, -0.25) is 0 Å². The molecular weight excluding hydrogens is 410 g/mol. The summed E-state index contributed by atoms with van der Waals surface area (Å²) in [6.45, 7) is 3.44. The molecule has 0 atom stereocenters. The lowest BCUT2D eigenvalue weighted by Gasteiger charge is -2.08. The fraction of sp³-hybridized carbons (Fsp3) is 0.208. The number of aromatic nitrogens is 2. The fourth-order valence-electron chi connectivity index (χ4n) is 3.25. The van der Waals surface area contributed by atoms with Crippen molar-refractivity contribution >= 4 is 33.5 Å². The molecule has 2 aromatic heterocycles. The highest BCUT2D eigenvalue weighted by Crippen LogP contribution is 2.28. The van der Waals surface area contributed by atoms with E-state index in [-0.39, 0.29) is 29.9 Å². The van der Waals surface area contributed by atoms with E-state index < -0.39 is 18.3 Å². The van der Waals surface area contributed by atoms with Crippen molar-refractivity contribution in [2.24, 2.45) is 0 Å². The van der Waals surface area contributed by atoms with Crippen LogP contribution in [0.3, 0.4) is 0 Å². The summed E-state index contributed by atoms with van der Waals surface area (Å²) in [6, 6.07) is 16.4. The third-order valence-electron chi connectivity index (χ3n) is 4.81. The maximum atomic E-state index is 12.8. The predicted octanol–water partition coefficient (Wildman–Crippen LogP) is 4.88. The highest BCUT2D eigenvalue weighted by molar-refractivity contribution is 5.96. The number of benzene rings is 2. The van der Waals surface area contributed by atoms with Gasteiger partial charge in [-0.15, -0.1) is 0 Å². The van der Waals surface area contributed by atoms with Gasteiger partial charge < -0.3 is 24.0 Å². The molecule has 0 bridgehead atoms. The number of ether oxygens (including phenoxy) is 2. The molecule has 0 saturated heterocycles. The maximum absolute atomic E-state index is 12.8. The van der Waals surface area contributed by atoms with Gasteiger partial charge in [-0.1, -0.05) is 30.3 Å². The Labute approximate surface area is 183 Å². The molecule has 0 spiro atoms. The van der Waals surface area contributed by atoms with Crippen molar-refractivity contribution in [3.63, 3.8) is 0 Å². The number of aromatic amines is 1. The first-order valence-electron chi connectivity index (χ1n) is 10.0. The van der Waals surface area contributed by atoms with Crippen LogP contribution in [-0.2, 0) is 16.1 Å². The number of aliphatic hydroxyl groups is 1. The number of allylic oxidation sites excluding steroid dienone is 1. The molecular formula is C24H21N3O5. The van der Waals surface area contributed by atoms with E-state index in [4.69, 9.17) is 13.9 Å². The topological polar surface area (TPSA) is 121 Å². The van der Waals surface area contributed by atoms with E-state index in [0.717, 1.165) is 10.9 Å². The minimum Gasteiger partial charge on any atom is -0.507 e. The molecule has 2 N–H and O–H groups in total. The Morgan fingerprint density at radius 3 is 2.72 bits per heavy atom. The van der Waals surface area contributed by atoms with Crippen LogP contribution >= 0.6 is 0 Å². The Hall–Kier alpha value is -4.09. The molecule has 4 rings (SSSR count). The molecule has 0 aliphatic rings. The number of aliphatic hydroxyl groups excluding tert-OH is 1. The Balaban J connectivity index is 1.58. The summed E-state index contributed by atoms with van der Waals surface area (Å²) >= 11 is 0. The van der Waals surface area contributed by atoms with E-state index in [9.17, 15) is 15.2 Å². The molecule has 0 unspecified atom stereocenters. The zero-order valence-corrected chi connectivity index (χ0v) is 17.6. The first kappa shape index (κ1) is 21.2. The first-order valence-corrected chi connectivity index (χ1v) is 10.0. The van der Waals surface area contributed by atoms with Crippen molar-refractivity contribution in [3.8, 4) is 6.07 Å². The molecule has 0 saturated carbocycles. The van der Waals surface area contributed by atoms with E-state index >= 15 is 0 Å². The van der Waals surface area contributed by atoms with Gasteiger partial charge in [0.15, 0.2) is 18.2 Å². The number of para-hydroxylation sites is 3. The molecule has 2 aromatic carbocycles. The molecule has 0 radical (unpaired) electrons. The molecule has 0 fully saturated rings. The normalized spacial score (nSPS) is 12.2. The van der Waals surface area contributed by atoms with Crippen LogP contribution in [-0.4, -0.2) is 33.8 Å². The number of esters is 1. The molecule has 8 heteroatoms. The number of H-pyrrole nitrogens is 1. The second-order valence-corrected chi connectivity index (χ2v) is 7.38. The van der Waals surface area contributed by atoms with E-state index in [1.165, 1.54) is 0 Å². The molecule has 0 aliphatic carbocycles. The smallest absolute Gasteiger partial charge is 0.375 e. The Kier molecular flexibility index (Phi) is 5.92. The summed E-state index contributed by atoms with van der Waals surface area (Å²) in [4.78, 5) is 20.0. The number of hydrogen-bond donors (Lipinski definition) is 2. The van der Waals surface area contributed by atoms with Gasteiger partial charge in [-0.2, -0.15) is 5.26 Å². The third-order valence-corrected chi connectivity index (χ3v) is 4.81. The quantitative estimate of drug-likeness (QED) is 0.243. The van der Waals surface area contributed by atoms with Crippen LogP contribution < -0.4 is 0 Å². The van der Waals surface area contributed by atoms with Gasteiger partial charge in [-0.25, -0.2) is 9.78 Å². The predicted molar refractivity (Wildman–Crippen MR) is 118 cm³/mol. The van der Waals surface area contributed by atoms with Crippen LogP contribution in [0.5, 0.6) is 0 Å². The number of nitrogens with zero attached hydrogens (tertiary/aromatic N) is 2. The van der Waals surface area contributed by atoms with Crippen LogP contribution in [0.25, 0.3) is 27.6 Å². The molecule has 0 amide bonds. The van der Waals surface area contributed by atoms with Crippen LogP contribution in [0.4, 0.5) is 0 Å². The Morgan fingerprint density at radius 1 is 1.22 bits per heavy atom. The van der Waals surface area contributed by atoms with Gasteiger partial charge >= 0.3 is 5.97 Å². The lowest BCUT2D eigenvalue weighted by atomic mass is 10.1. The third kappa shape index (κ3) is 4.19. The summed E-state index contributed by atoms with van der Waals surface area (Å²) in [7, 11) is 0. The van der Waals surface area contributed by atoms with Crippen molar-refractivity contribution in [1.29, 1.82) is 5.26 Å². The van der Waals surface area contributed by atoms with Crippen molar-refractivity contribution in [1.82, 2.24) is 9.97 Å². The highest BCUT2D eigenvalue weighted by Gasteiger charge is 2.23. The number of rotatable bonds is 7. The minimum atomic E-state index is -0.767. The first-order chi connectivity index (χ1) is 15.5. The second kappa shape index (κ2) is 8.96. The number of furan rings is 1. The van der Waals surface area contributed by atoms with Gasteiger partial charge in [0.05, 0.1) is 23.7 Å². The largest absolute Gasteiger partial charge is 0.507 e. The molecule has 162 valence electrons. The van der Waals surface area contributed by atoms with Gasteiger partial charge in [-0.05, 0) is 32.0 Å². The highest BCUT2D eigenvalue weighted by atomic mass is 16.6. The number of imidazole rings is 1. The van der Waals surface area contributed by atoms with Crippen LogP contribution in [0.15, 0.2) is 58.7 Å². The fourth-order valence-corrected chi connectivity index (χ4v) is 3.25. The van der Waals surface area contributed by atoms with Crippen LogP contribution in [0, 0.1) is 11.3 Å². The van der Waals surface area contributed by atoms with E-state index in [2.05, 4.69) is 9.97 Å². The summed E-state index contributed by atoms with van der Waals surface area (Å²) in [5.41, 5.74) is 2.36. The summed E-state index contributed by atoms with van der Waals surface area (Å²) in [6.07, 6.45) is -0.0403. The van der Waals surface area contributed by atoms with Crippen molar-refractivity contribution in [3.05, 3.63) is 71.4 Å². The van der Waals surface area contributed by atoms with Crippen molar-refractivity contribution in [2.75, 3.05) is 6.61 Å². The molecule has 0 aliphatic heterocycles. The van der Waals surface area contributed by atoms with E-state index in [1.54, 1.807) is 24.3 Å². The number of hydrogen-bond acceptors (Lipinski definition) is 7. The van der Waals surface area contributed by atoms with Crippen LogP contribution in [0.2, 0.25) is 0 Å². The van der Waals surface area contributed by atoms with Gasteiger partial charge in [0.2, 0.25) is 5.76 Å².